The summed E-state index contributed by atoms with van der Waals surface area (Å²) < 4.78 is 8.02. The van der Waals surface area contributed by atoms with Gasteiger partial charge in [-0.3, -0.25) is 9.78 Å². The van der Waals surface area contributed by atoms with Gasteiger partial charge in [0, 0.05) is 36.8 Å². The van der Waals surface area contributed by atoms with E-state index in [0.717, 1.165) is 29.9 Å². The molecule has 2 aromatic heterocycles. The fourth-order valence-electron chi connectivity index (χ4n) is 3.61. The molecule has 0 bridgehead atoms. The monoisotopic (exact) mass is 340 g/mol. The molecule has 0 saturated heterocycles. The zero-order valence-corrected chi connectivity index (χ0v) is 14.8. The van der Waals surface area contributed by atoms with Crippen LogP contribution in [0.15, 0.2) is 24.5 Å². The lowest BCUT2D eigenvalue weighted by Gasteiger charge is -2.33. The third-order valence-electron chi connectivity index (χ3n) is 4.98. The highest BCUT2D eigenvalue weighted by atomic mass is 16.5. The fraction of sp³-hybridized carbons (Fsp3) is 0.526. The van der Waals surface area contributed by atoms with Crippen molar-refractivity contribution in [2.75, 3.05) is 13.2 Å². The number of rotatable bonds is 5. The molecule has 1 aliphatic carbocycles. The summed E-state index contributed by atoms with van der Waals surface area (Å²) in [6, 6.07) is 5.96. The van der Waals surface area contributed by atoms with Crippen LogP contribution in [0.25, 0.3) is 0 Å². The molecule has 2 aliphatic rings. The minimum atomic E-state index is 0.156. The first-order valence-electron chi connectivity index (χ1n) is 8.91. The quantitative estimate of drug-likeness (QED) is 0.837. The fourth-order valence-corrected chi connectivity index (χ4v) is 3.61. The lowest BCUT2D eigenvalue weighted by atomic mass is 9.98. The summed E-state index contributed by atoms with van der Waals surface area (Å²) in [4.78, 5) is 23.4. The number of aromatic nitrogens is 3. The Hall–Kier alpha value is -2.21. The van der Waals surface area contributed by atoms with E-state index in [4.69, 9.17) is 4.74 Å². The van der Waals surface area contributed by atoms with Crippen LogP contribution in [-0.4, -0.2) is 38.5 Å². The molecule has 132 valence electrons. The van der Waals surface area contributed by atoms with E-state index in [9.17, 15) is 4.79 Å². The highest BCUT2D eigenvalue weighted by Crippen LogP contribution is 2.35. The Morgan fingerprint density at radius 2 is 2.20 bits per heavy atom. The van der Waals surface area contributed by atoms with Crippen LogP contribution >= 0.6 is 0 Å². The van der Waals surface area contributed by atoms with Gasteiger partial charge in [-0.2, -0.15) is 0 Å². The van der Waals surface area contributed by atoms with E-state index in [-0.39, 0.29) is 17.7 Å². The second kappa shape index (κ2) is 6.59. The van der Waals surface area contributed by atoms with Gasteiger partial charge in [0.15, 0.2) is 0 Å². The Labute approximate surface area is 147 Å². The van der Waals surface area contributed by atoms with Crippen LogP contribution in [0.4, 0.5) is 0 Å². The molecule has 6 nitrogen and oxygen atoms in total. The third kappa shape index (κ3) is 3.44. The van der Waals surface area contributed by atoms with Gasteiger partial charge in [0.1, 0.15) is 0 Å². The highest BCUT2D eigenvalue weighted by Gasteiger charge is 2.38. The normalized spacial score (nSPS) is 19.8. The smallest absolute Gasteiger partial charge is 0.226 e. The summed E-state index contributed by atoms with van der Waals surface area (Å²) >= 11 is 0. The zero-order valence-electron chi connectivity index (χ0n) is 14.8. The van der Waals surface area contributed by atoms with Crippen molar-refractivity contribution in [2.45, 2.75) is 38.8 Å². The van der Waals surface area contributed by atoms with Crippen LogP contribution in [0.5, 0.6) is 0 Å². The van der Waals surface area contributed by atoms with Gasteiger partial charge in [-0.1, -0.05) is 6.07 Å². The van der Waals surface area contributed by atoms with Crippen molar-refractivity contribution in [1.29, 1.82) is 0 Å². The molecule has 6 heteroatoms. The van der Waals surface area contributed by atoms with Crippen LogP contribution in [-0.2, 0) is 29.7 Å². The summed E-state index contributed by atoms with van der Waals surface area (Å²) in [5, 5.41) is 0. The first-order chi connectivity index (χ1) is 12.1. The third-order valence-corrected chi connectivity index (χ3v) is 4.98. The van der Waals surface area contributed by atoms with Crippen molar-refractivity contribution in [3.63, 3.8) is 0 Å². The second-order valence-electron chi connectivity index (χ2n) is 7.16. The van der Waals surface area contributed by atoms with E-state index < -0.39 is 0 Å². The van der Waals surface area contributed by atoms with E-state index in [2.05, 4.69) is 14.5 Å². The van der Waals surface area contributed by atoms with Crippen molar-refractivity contribution >= 4 is 5.91 Å². The summed E-state index contributed by atoms with van der Waals surface area (Å²) in [6.45, 7) is 4.37. The average Bonchev–Trinajstić information content (AvgIpc) is 3.38. The number of hydrogen-bond donors (Lipinski definition) is 0. The number of aryl methyl sites for hydroxylation is 2. The molecule has 3 heterocycles. The molecular formula is C19H24N4O2. The zero-order chi connectivity index (χ0) is 17.4. The Morgan fingerprint density at radius 3 is 2.96 bits per heavy atom. The SMILES string of the molecule is Cc1cccc(COC[C@H]2CN(C(=O)C3CC3)Cc3ncn(C)c32)n1. The second-order valence-corrected chi connectivity index (χ2v) is 7.16. The topological polar surface area (TPSA) is 60.2 Å². The van der Waals surface area contributed by atoms with Gasteiger partial charge in [0.05, 0.1) is 37.5 Å². The molecule has 1 aliphatic heterocycles. The lowest BCUT2D eigenvalue weighted by molar-refractivity contribution is -0.134. The summed E-state index contributed by atoms with van der Waals surface area (Å²) in [6.07, 6.45) is 3.90. The van der Waals surface area contributed by atoms with Gasteiger partial charge in [0.2, 0.25) is 5.91 Å². The predicted octanol–water partition coefficient (Wildman–Crippen LogP) is 2.18. The Bertz CT molecular complexity index is 781. The molecular weight excluding hydrogens is 316 g/mol. The number of fused-ring (bicyclic) bond motifs is 1. The molecule has 0 radical (unpaired) electrons. The number of carbonyl (C=O) groups is 1. The molecule has 0 aromatic carbocycles. The Balaban J connectivity index is 1.45. The maximum atomic E-state index is 12.5. The number of carbonyl (C=O) groups excluding carboxylic acids is 1. The lowest BCUT2D eigenvalue weighted by Crippen LogP contribution is -2.41. The van der Waals surface area contributed by atoms with Crippen molar-refractivity contribution in [3.05, 3.63) is 47.3 Å². The Morgan fingerprint density at radius 1 is 1.36 bits per heavy atom. The molecule has 25 heavy (non-hydrogen) atoms. The highest BCUT2D eigenvalue weighted by molar-refractivity contribution is 5.81. The molecule has 0 unspecified atom stereocenters. The minimum absolute atomic E-state index is 0.156. The van der Waals surface area contributed by atoms with E-state index in [1.54, 1.807) is 0 Å². The van der Waals surface area contributed by atoms with Crippen LogP contribution in [0, 0.1) is 12.8 Å². The van der Waals surface area contributed by atoms with Crippen molar-refractivity contribution in [3.8, 4) is 0 Å². The van der Waals surface area contributed by atoms with E-state index in [1.807, 2.05) is 43.4 Å². The van der Waals surface area contributed by atoms with Crippen LogP contribution < -0.4 is 0 Å². The van der Waals surface area contributed by atoms with Crippen molar-refractivity contribution < 1.29 is 9.53 Å². The van der Waals surface area contributed by atoms with Crippen molar-refractivity contribution in [1.82, 2.24) is 19.4 Å². The molecule has 1 fully saturated rings. The number of pyridine rings is 1. The average molecular weight is 340 g/mol. The van der Waals surface area contributed by atoms with Gasteiger partial charge >= 0.3 is 0 Å². The minimum Gasteiger partial charge on any atom is -0.374 e. The number of hydrogen-bond acceptors (Lipinski definition) is 4. The molecule has 1 amide bonds. The van der Waals surface area contributed by atoms with Crippen LogP contribution in [0.2, 0.25) is 0 Å². The number of ether oxygens (including phenoxy) is 1. The van der Waals surface area contributed by atoms with E-state index in [1.165, 1.54) is 5.69 Å². The van der Waals surface area contributed by atoms with E-state index >= 15 is 0 Å². The predicted molar refractivity (Wildman–Crippen MR) is 92.7 cm³/mol. The van der Waals surface area contributed by atoms with Gasteiger partial charge in [-0.25, -0.2) is 4.98 Å². The van der Waals surface area contributed by atoms with Gasteiger partial charge in [-0.05, 0) is 31.9 Å². The number of imidazole rings is 1. The largest absolute Gasteiger partial charge is 0.374 e. The summed E-state index contributed by atoms with van der Waals surface area (Å²) in [5.41, 5.74) is 4.13. The maximum Gasteiger partial charge on any atom is 0.226 e. The standard InChI is InChI=1S/C19H24N4O2/c1-13-4-3-5-16(21-13)11-25-10-15-8-23(19(24)14-6-7-14)9-17-18(15)22(2)12-20-17/h3-5,12,14-15H,6-11H2,1-2H3/t15-/m1/s1. The molecule has 0 N–H and O–H groups in total. The first-order valence-corrected chi connectivity index (χ1v) is 8.91. The maximum absolute atomic E-state index is 12.5. The first kappa shape index (κ1) is 16.3. The van der Waals surface area contributed by atoms with Gasteiger partial charge in [-0.15, -0.1) is 0 Å². The molecule has 0 spiro atoms. The summed E-state index contributed by atoms with van der Waals surface area (Å²) in [5.74, 6) is 0.675. The molecule has 4 rings (SSSR count). The van der Waals surface area contributed by atoms with Crippen LogP contribution in [0.1, 0.15) is 41.5 Å². The molecule has 1 atom stereocenters. The van der Waals surface area contributed by atoms with Crippen molar-refractivity contribution in [2.24, 2.45) is 13.0 Å². The number of nitrogens with zero attached hydrogens (tertiary/aromatic N) is 4. The van der Waals surface area contributed by atoms with Crippen LogP contribution in [0.3, 0.4) is 0 Å². The summed E-state index contributed by atoms with van der Waals surface area (Å²) in [7, 11) is 2.01. The number of amides is 1. The Kier molecular flexibility index (Phi) is 4.29. The van der Waals surface area contributed by atoms with Gasteiger partial charge in [0.25, 0.3) is 0 Å². The molecule has 1 saturated carbocycles. The molecule has 2 aromatic rings. The van der Waals surface area contributed by atoms with E-state index in [0.29, 0.717) is 26.3 Å². The van der Waals surface area contributed by atoms with Gasteiger partial charge < -0.3 is 14.2 Å².